The third kappa shape index (κ3) is 14.5. The fourth-order valence-corrected chi connectivity index (χ4v) is 4.04. The summed E-state index contributed by atoms with van der Waals surface area (Å²) in [6.45, 7) is 13.4. The predicted molar refractivity (Wildman–Crippen MR) is 125 cm³/mol. The van der Waals surface area contributed by atoms with Gasteiger partial charge in [-0.05, 0) is 49.4 Å². The van der Waals surface area contributed by atoms with Crippen LogP contribution in [0, 0.1) is 36.5 Å². The zero-order valence-corrected chi connectivity index (χ0v) is 18.4. The Balaban J connectivity index is -0.000000985. The molecular weight excluding hydrogens is 312 g/mol. The summed E-state index contributed by atoms with van der Waals surface area (Å²) in [5.74, 6) is 3.95. The van der Waals surface area contributed by atoms with Crippen LogP contribution in [0.1, 0.15) is 120 Å². The molecule has 0 aromatic heterocycles. The van der Waals surface area contributed by atoms with Crippen molar-refractivity contribution in [2.45, 2.75) is 120 Å². The maximum Gasteiger partial charge on any atom is -0.0325 e. The van der Waals surface area contributed by atoms with Gasteiger partial charge in [-0.15, -0.1) is 12.8 Å². The lowest BCUT2D eigenvalue weighted by Gasteiger charge is -2.24. The standard InChI is InChI=1S/C21H40.C2H6.C2H2.CH4/c1-5-12-20-15-11-16-21(20)17-19(7-3)14-10-8-9-13-18(4)6-2;2*1-2;/h8-9,18-21H,5-7,10-17H2,1-4H3;1-2H3;1-2H;1H4/b9-8+;;;/t18?,19-,20?,21?;;;/m1.../s1. The van der Waals surface area contributed by atoms with Gasteiger partial charge in [0.2, 0.25) is 0 Å². The molecule has 26 heavy (non-hydrogen) atoms. The first kappa shape index (κ1) is 30.0. The molecule has 0 heterocycles. The van der Waals surface area contributed by atoms with Crippen molar-refractivity contribution in [3.63, 3.8) is 0 Å². The molecule has 0 spiro atoms. The molecule has 1 aliphatic carbocycles. The molecule has 0 radical (unpaired) electrons. The maximum atomic E-state index is 4.00. The molecule has 0 heteroatoms. The number of hydrogen-bond donors (Lipinski definition) is 0. The van der Waals surface area contributed by atoms with Crippen molar-refractivity contribution in [3.05, 3.63) is 12.2 Å². The first-order valence-corrected chi connectivity index (χ1v) is 11.2. The van der Waals surface area contributed by atoms with Crippen molar-refractivity contribution in [3.8, 4) is 12.8 Å². The van der Waals surface area contributed by atoms with Crippen LogP contribution in [0.2, 0.25) is 0 Å². The molecule has 3 unspecified atom stereocenters. The summed E-state index contributed by atoms with van der Waals surface area (Å²) in [7, 11) is 0. The van der Waals surface area contributed by atoms with E-state index >= 15 is 0 Å². The zero-order chi connectivity index (χ0) is 19.5. The summed E-state index contributed by atoms with van der Waals surface area (Å²) < 4.78 is 0. The average Bonchev–Trinajstić information content (AvgIpc) is 3.10. The smallest absolute Gasteiger partial charge is 0.0325 e. The van der Waals surface area contributed by atoms with Gasteiger partial charge in [-0.1, -0.05) is 106 Å². The maximum absolute atomic E-state index is 4.00. The van der Waals surface area contributed by atoms with Crippen molar-refractivity contribution < 1.29 is 0 Å². The molecule has 0 amide bonds. The van der Waals surface area contributed by atoms with Crippen molar-refractivity contribution >= 4 is 0 Å². The Morgan fingerprint density at radius 1 is 0.962 bits per heavy atom. The SMILES string of the molecule is C.C#C.CC.CCCC1CCCC1C[C@H](CC)CC/C=C/CC(C)CC. The summed E-state index contributed by atoms with van der Waals surface area (Å²) in [6, 6.07) is 0. The minimum Gasteiger partial charge on any atom is -0.124 e. The lowest BCUT2D eigenvalue weighted by Crippen LogP contribution is -2.13. The van der Waals surface area contributed by atoms with Crippen LogP contribution in [0.25, 0.3) is 0 Å². The van der Waals surface area contributed by atoms with E-state index in [0.29, 0.717) is 0 Å². The number of terminal acetylenes is 1. The summed E-state index contributed by atoms with van der Waals surface area (Å²) >= 11 is 0. The molecule has 1 rings (SSSR count). The second-order valence-corrected chi connectivity index (χ2v) is 7.55. The molecule has 0 aromatic rings. The van der Waals surface area contributed by atoms with Gasteiger partial charge in [-0.25, -0.2) is 0 Å². The van der Waals surface area contributed by atoms with Crippen molar-refractivity contribution in [1.29, 1.82) is 0 Å². The van der Waals surface area contributed by atoms with Gasteiger partial charge in [0.1, 0.15) is 0 Å². The first-order valence-electron chi connectivity index (χ1n) is 11.2. The topological polar surface area (TPSA) is 0 Å². The molecule has 4 atom stereocenters. The van der Waals surface area contributed by atoms with E-state index in [1.165, 1.54) is 70.6 Å². The predicted octanol–water partition coefficient (Wildman–Crippen LogP) is 9.30. The third-order valence-electron chi connectivity index (χ3n) is 5.83. The second kappa shape index (κ2) is 22.3. The highest BCUT2D eigenvalue weighted by Crippen LogP contribution is 2.40. The Labute approximate surface area is 168 Å². The Kier molecular flexibility index (Phi) is 25.8. The zero-order valence-electron chi connectivity index (χ0n) is 18.4. The highest BCUT2D eigenvalue weighted by atomic mass is 14.3. The molecule has 0 bridgehead atoms. The summed E-state index contributed by atoms with van der Waals surface area (Å²) in [6.07, 6.45) is 28.5. The van der Waals surface area contributed by atoms with Gasteiger partial charge in [0.05, 0.1) is 0 Å². The number of rotatable bonds is 11. The fraction of sp³-hybridized carbons (Fsp3) is 0.846. The van der Waals surface area contributed by atoms with Gasteiger partial charge in [-0.3, -0.25) is 0 Å². The summed E-state index contributed by atoms with van der Waals surface area (Å²) in [5, 5.41) is 0. The highest BCUT2D eigenvalue weighted by molar-refractivity contribution is 4.85. The number of hydrogen-bond acceptors (Lipinski definition) is 0. The molecule has 0 aliphatic heterocycles. The quantitative estimate of drug-likeness (QED) is 0.253. The molecule has 1 aliphatic rings. The van der Waals surface area contributed by atoms with Crippen molar-refractivity contribution in [1.82, 2.24) is 0 Å². The van der Waals surface area contributed by atoms with Crippen LogP contribution in [0.4, 0.5) is 0 Å². The van der Waals surface area contributed by atoms with Crippen LogP contribution < -0.4 is 0 Å². The van der Waals surface area contributed by atoms with Crippen LogP contribution >= 0.6 is 0 Å². The molecular formula is C26H52. The van der Waals surface area contributed by atoms with Crippen molar-refractivity contribution in [2.24, 2.45) is 23.7 Å². The third-order valence-corrected chi connectivity index (χ3v) is 5.83. The van der Waals surface area contributed by atoms with Crippen LogP contribution in [-0.4, -0.2) is 0 Å². The van der Waals surface area contributed by atoms with E-state index in [1.54, 1.807) is 0 Å². The van der Waals surface area contributed by atoms with Crippen LogP contribution in [-0.2, 0) is 0 Å². The molecule has 1 fully saturated rings. The second-order valence-electron chi connectivity index (χ2n) is 7.55. The van der Waals surface area contributed by atoms with Crippen LogP contribution in [0.3, 0.4) is 0 Å². The molecule has 0 nitrogen and oxygen atoms in total. The Morgan fingerprint density at radius 2 is 1.58 bits per heavy atom. The highest BCUT2D eigenvalue weighted by Gasteiger charge is 2.27. The summed E-state index contributed by atoms with van der Waals surface area (Å²) in [5.41, 5.74) is 0. The number of allylic oxidation sites excluding steroid dienone is 2. The molecule has 1 saturated carbocycles. The summed E-state index contributed by atoms with van der Waals surface area (Å²) in [4.78, 5) is 0. The molecule has 0 N–H and O–H groups in total. The van der Waals surface area contributed by atoms with E-state index in [0.717, 1.165) is 23.7 Å². The van der Waals surface area contributed by atoms with E-state index in [4.69, 9.17) is 0 Å². The van der Waals surface area contributed by atoms with Gasteiger partial charge >= 0.3 is 0 Å². The van der Waals surface area contributed by atoms with E-state index in [2.05, 4.69) is 52.7 Å². The van der Waals surface area contributed by atoms with E-state index in [1.807, 2.05) is 13.8 Å². The normalized spacial score (nSPS) is 20.9. The minimum absolute atomic E-state index is 0. The lowest BCUT2D eigenvalue weighted by atomic mass is 9.82. The average molecular weight is 365 g/mol. The molecule has 0 aromatic carbocycles. The van der Waals surface area contributed by atoms with Gasteiger partial charge in [-0.2, -0.15) is 0 Å². The van der Waals surface area contributed by atoms with E-state index in [-0.39, 0.29) is 7.43 Å². The van der Waals surface area contributed by atoms with Gasteiger partial charge in [0.25, 0.3) is 0 Å². The largest absolute Gasteiger partial charge is 0.124 e. The minimum atomic E-state index is 0. The van der Waals surface area contributed by atoms with Gasteiger partial charge in [0.15, 0.2) is 0 Å². The van der Waals surface area contributed by atoms with E-state index < -0.39 is 0 Å². The Bertz CT molecular complexity index is 298. The van der Waals surface area contributed by atoms with Gasteiger partial charge < -0.3 is 0 Å². The lowest BCUT2D eigenvalue weighted by molar-refractivity contribution is 0.275. The van der Waals surface area contributed by atoms with Crippen molar-refractivity contribution in [2.75, 3.05) is 0 Å². The fourth-order valence-electron chi connectivity index (χ4n) is 4.04. The van der Waals surface area contributed by atoms with Crippen LogP contribution in [0.15, 0.2) is 12.2 Å². The Morgan fingerprint density at radius 3 is 2.12 bits per heavy atom. The first-order chi connectivity index (χ1) is 12.2. The van der Waals surface area contributed by atoms with Crippen LogP contribution in [0.5, 0.6) is 0 Å². The van der Waals surface area contributed by atoms with Gasteiger partial charge in [0, 0.05) is 0 Å². The Hall–Kier alpha value is -0.700. The molecule has 156 valence electrons. The monoisotopic (exact) mass is 364 g/mol. The van der Waals surface area contributed by atoms with E-state index in [9.17, 15) is 0 Å². The molecule has 0 saturated heterocycles.